The Morgan fingerprint density at radius 1 is 1.12 bits per heavy atom. The van der Waals surface area contributed by atoms with Crippen LogP contribution in [0.5, 0.6) is 0 Å². The van der Waals surface area contributed by atoms with Crippen molar-refractivity contribution in [2.24, 2.45) is 5.92 Å². The lowest BCUT2D eigenvalue weighted by Gasteiger charge is -2.31. The molecule has 1 aromatic carbocycles. The number of hydrogen-bond acceptors (Lipinski definition) is 5. The summed E-state index contributed by atoms with van der Waals surface area (Å²) in [4.78, 5) is 0.0422. The van der Waals surface area contributed by atoms with E-state index in [-0.39, 0.29) is 21.8 Å². The minimum absolute atomic E-state index is 0.00394. The first-order chi connectivity index (χ1) is 11.8. The molecule has 9 heteroatoms. The summed E-state index contributed by atoms with van der Waals surface area (Å²) in [6, 6.07) is 5.64. The molecule has 3 rings (SSSR count). The van der Waals surface area contributed by atoms with Crippen molar-refractivity contribution in [1.29, 1.82) is 0 Å². The lowest BCUT2D eigenvalue weighted by Crippen LogP contribution is -2.42. The van der Waals surface area contributed by atoms with Gasteiger partial charge in [-0.2, -0.15) is 4.31 Å². The summed E-state index contributed by atoms with van der Waals surface area (Å²) in [6.07, 6.45) is 3.47. The van der Waals surface area contributed by atoms with Crippen LogP contribution in [0.3, 0.4) is 0 Å². The molecule has 2 aliphatic rings. The van der Waals surface area contributed by atoms with E-state index in [4.69, 9.17) is 0 Å². The maximum atomic E-state index is 12.9. The first kappa shape index (κ1) is 18.8. The van der Waals surface area contributed by atoms with E-state index in [0.29, 0.717) is 13.1 Å². The van der Waals surface area contributed by atoms with Gasteiger partial charge in [0.15, 0.2) is 0 Å². The fourth-order valence-corrected chi connectivity index (χ4v) is 6.17. The van der Waals surface area contributed by atoms with E-state index in [1.54, 1.807) is 0 Å². The van der Waals surface area contributed by atoms with Crippen LogP contribution in [0.2, 0.25) is 0 Å². The molecule has 1 aliphatic heterocycles. The van der Waals surface area contributed by atoms with E-state index in [1.165, 1.54) is 28.6 Å². The molecule has 2 fully saturated rings. The topological polar surface area (TPSA) is 95.6 Å². The standard InChI is InChI=1S/C16H25N3O4S2/c1-17-11-13-4-3-9-19(12-13)25(22,23)16-6-2-5-15(10-16)24(20,21)18-14-7-8-14/h2,5-6,10,13-14,17-18H,3-4,7-9,11-12H2,1H3. The average Bonchev–Trinajstić information content (AvgIpc) is 3.39. The highest BCUT2D eigenvalue weighted by Gasteiger charge is 2.32. The summed E-state index contributed by atoms with van der Waals surface area (Å²) in [5.74, 6) is 0.275. The maximum Gasteiger partial charge on any atom is 0.243 e. The van der Waals surface area contributed by atoms with Gasteiger partial charge in [0, 0.05) is 19.1 Å². The van der Waals surface area contributed by atoms with Crippen LogP contribution in [0.4, 0.5) is 0 Å². The highest BCUT2D eigenvalue weighted by molar-refractivity contribution is 7.90. The van der Waals surface area contributed by atoms with Crippen molar-refractivity contribution in [3.05, 3.63) is 24.3 Å². The number of sulfonamides is 2. The highest BCUT2D eigenvalue weighted by Crippen LogP contribution is 2.26. The molecular weight excluding hydrogens is 362 g/mol. The Balaban J connectivity index is 1.83. The molecule has 1 aliphatic carbocycles. The van der Waals surface area contributed by atoms with Crippen LogP contribution in [0.1, 0.15) is 25.7 Å². The summed E-state index contributed by atoms with van der Waals surface area (Å²) in [6.45, 7) is 1.70. The molecular formula is C16H25N3O4S2. The second-order valence-corrected chi connectivity index (χ2v) is 10.5. The average molecular weight is 388 g/mol. The minimum atomic E-state index is -3.70. The zero-order valence-electron chi connectivity index (χ0n) is 14.3. The number of nitrogens with zero attached hydrogens (tertiary/aromatic N) is 1. The molecule has 1 unspecified atom stereocenters. The molecule has 0 bridgehead atoms. The van der Waals surface area contributed by atoms with Crippen LogP contribution in [0, 0.1) is 5.92 Å². The van der Waals surface area contributed by atoms with Gasteiger partial charge in [-0.25, -0.2) is 21.6 Å². The smallest absolute Gasteiger partial charge is 0.243 e. The van der Waals surface area contributed by atoms with E-state index >= 15 is 0 Å². The predicted octanol–water partition coefficient (Wildman–Crippen LogP) is 0.747. The number of rotatable bonds is 7. The van der Waals surface area contributed by atoms with E-state index in [9.17, 15) is 16.8 Å². The van der Waals surface area contributed by atoms with E-state index in [0.717, 1.165) is 32.2 Å². The van der Waals surface area contributed by atoms with Crippen molar-refractivity contribution >= 4 is 20.0 Å². The molecule has 0 amide bonds. The molecule has 7 nitrogen and oxygen atoms in total. The largest absolute Gasteiger partial charge is 0.319 e. The number of nitrogens with one attached hydrogen (secondary N) is 2. The van der Waals surface area contributed by atoms with Crippen LogP contribution in [0.25, 0.3) is 0 Å². The fraction of sp³-hybridized carbons (Fsp3) is 0.625. The Kier molecular flexibility index (Phi) is 5.50. The summed E-state index contributed by atoms with van der Waals surface area (Å²) in [5, 5.41) is 3.09. The molecule has 0 spiro atoms. The third-order valence-electron chi connectivity index (χ3n) is 4.63. The van der Waals surface area contributed by atoms with E-state index < -0.39 is 20.0 Å². The molecule has 140 valence electrons. The van der Waals surface area contributed by atoms with Gasteiger partial charge in [-0.15, -0.1) is 0 Å². The molecule has 25 heavy (non-hydrogen) atoms. The summed E-state index contributed by atoms with van der Waals surface area (Å²) in [5.41, 5.74) is 0. The maximum absolute atomic E-state index is 12.9. The summed E-state index contributed by atoms with van der Waals surface area (Å²) in [7, 11) is -5.51. The second-order valence-electron chi connectivity index (χ2n) is 6.80. The second kappa shape index (κ2) is 7.32. The third-order valence-corrected chi connectivity index (χ3v) is 8.01. The summed E-state index contributed by atoms with van der Waals surface area (Å²) >= 11 is 0. The molecule has 0 aromatic heterocycles. The van der Waals surface area contributed by atoms with Crippen LogP contribution >= 0.6 is 0 Å². The van der Waals surface area contributed by atoms with Gasteiger partial charge < -0.3 is 5.32 Å². The molecule has 1 aromatic rings. The fourth-order valence-electron chi connectivity index (χ4n) is 3.14. The molecule has 2 N–H and O–H groups in total. The first-order valence-electron chi connectivity index (χ1n) is 8.60. The Bertz CT molecular complexity index is 818. The van der Waals surface area contributed by atoms with E-state index in [1.807, 2.05) is 7.05 Å². The Morgan fingerprint density at radius 3 is 2.52 bits per heavy atom. The van der Waals surface area contributed by atoms with Crippen LogP contribution in [-0.4, -0.2) is 53.9 Å². The molecule has 1 heterocycles. The summed E-state index contributed by atoms with van der Waals surface area (Å²) < 4.78 is 54.6. The molecule has 1 saturated heterocycles. The minimum Gasteiger partial charge on any atom is -0.319 e. The van der Waals surface area contributed by atoms with Crippen LogP contribution < -0.4 is 10.0 Å². The van der Waals surface area contributed by atoms with Gasteiger partial charge in [-0.1, -0.05) is 6.07 Å². The van der Waals surface area contributed by atoms with Crippen molar-refractivity contribution < 1.29 is 16.8 Å². The van der Waals surface area contributed by atoms with Gasteiger partial charge in [0.05, 0.1) is 9.79 Å². The van der Waals surface area contributed by atoms with Gasteiger partial charge in [-0.05, 0) is 63.4 Å². The van der Waals surface area contributed by atoms with Crippen molar-refractivity contribution in [3.63, 3.8) is 0 Å². The molecule has 0 radical (unpaired) electrons. The van der Waals surface area contributed by atoms with Crippen molar-refractivity contribution in [3.8, 4) is 0 Å². The van der Waals surface area contributed by atoms with Crippen molar-refractivity contribution in [2.75, 3.05) is 26.7 Å². The van der Waals surface area contributed by atoms with Crippen molar-refractivity contribution in [2.45, 2.75) is 41.5 Å². The third kappa shape index (κ3) is 4.40. The van der Waals surface area contributed by atoms with E-state index in [2.05, 4.69) is 10.0 Å². The van der Waals surface area contributed by atoms with Crippen molar-refractivity contribution in [1.82, 2.24) is 14.3 Å². The van der Waals surface area contributed by atoms with Gasteiger partial charge >= 0.3 is 0 Å². The highest BCUT2D eigenvalue weighted by atomic mass is 32.2. The van der Waals surface area contributed by atoms with Crippen LogP contribution in [0.15, 0.2) is 34.1 Å². The SMILES string of the molecule is CNCC1CCCN(S(=O)(=O)c2cccc(S(=O)(=O)NC3CC3)c2)C1. The number of hydrogen-bond donors (Lipinski definition) is 2. The predicted molar refractivity (Wildman–Crippen MR) is 95.2 cm³/mol. The van der Waals surface area contributed by atoms with Crippen LogP contribution in [-0.2, 0) is 20.0 Å². The Hall–Kier alpha value is -1.00. The number of piperidine rings is 1. The monoisotopic (exact) mass is 387 g/mol. The van der Waals surface area contributed by atoms with Gasteiger partial charge in [0.2, 0.25) is 20.0 Å². The lowest BCUT2D eigenvalue weighted by atomic mass is 10.00. The lowest BCUT2D eigenvalue weighted by molar-refractivity contribution is 0.263. The molecule has 1 atom stereocenters. The number of benzene rings is 1. The molecule has 1 saturated carbocycles. The Morgan fingerprint density at radius 2 is 1.84 bits per heavy atom. The quantitative estimate of drug-likeness (QED) is 0.720. The zero-order chi connectivity index (χ0) is 18.1. The normalized spacial score (nSPS) is 22.8. The zero-order valence-corrected chi connectivity index (χ0v) is 15.9. The first-order valence-corrected chi connectivity index (χ1v) is 11.5. The van der Waals surface area contributed by atoms with Gasteiger partial charge in [-0.3, -0.25) is 0 Å². The van der Waals surface area contributed by atoms with Gasteiger partial charge in [0.1, 0.15) is 0 Å². The Labute approximate surface area is 149 Å². The van der Waals surface area contributed by atoms with Gasteiger partial charge in [0.25, 0.3) is 0 Å².